The molecular weight excluding hydrogens is 214 g/mol. The van der Waals surface area contributed by atoms with Crippen LogP contribution in [0.3, 0.4) is 0 Å². The third kappa shape index (κ3) is 3.65. The molecule has 4 heteroatoms. The molecule has 1 saturated heterocycles. The molecule has 1 fully saturated rings. The van der Waals surface area contributed by atoms with Crippen molar-refractivity contribution in [3.05, 3.63) is 0 Å². The van der Waals surface area contributed by atoms with Gasteiger partial charge in [-0.25, -0.2) is 0 Å². The Bertz CT molecular complexity index is 211. The Hall–Kier alpha value is -0.280. The fourth-order valence-electron chi connectivity index (χ4n) is 1.58. The fraction of sp³-hybridized carbons (Fsp3) is 0.909. The van der Waals surface area contributed by atoms with Crippen LogP contribution in [0.5, 0.6) is 0 Å². The number of hydrogen-bond acceptors (Lipinski definition) is 2. The predicted octanol–water partition coefficient (Wildman–Crippen LogP) is 1.94. The van der Waals surface area contributed by atoms with E-state index in [9.17, 15) is 4.79 Å². The lowest BCUT2D eigenvalue weighted by Gasteiger charge is -2.30. The molecule has 1 N–H and O–H groups in total. The highest BCUT2D eigenvalue weighted by atomic mass is 35.5. The summed E-state index contributed by atoms with van der Waals surface area (Å²) in [7, 11) is 0. The molecule has 0 aromatic heterocycles. The predicted molar refractivity (Wildman–Crippen MR) is 61.1 cm³/mol. The Morgan fingerprint density at radius 3 is 2.60 bits per heavy atom. The van der Waals surface area contributed by atoms with E-state index in [1.165, 1.54) is 0 Å². The first-order valence-electron chi connectivity index (χ1n) is 5.57. The van der Waals surface area contributed by atoms with Crippen LogP contribution >= 0.6 is 11.6 Å². The van der Waals surface area contributed by atoms with E-state index in [0.29, 0.717) is 19.1 Å². The van der Waals surface area contributed by atoms with Crippen LogP contribution in [-0.2, 0) is 9.53 Å². The second kappa shape index (κ2) is 5.71. The Morgan fingerprint density at radius 1 is 1.53 bits per heavy atom. The Morgan fingerprint density at radius 2 is 2.13 bits per heavy atom. The van der Waals surface area contributed by atoms with Crippen molar-refractivity contribution < 1.29 is 9.53 Å². The lowest BCUT2D eigenvalue weighted by molar-refractivity contribution is -0.129. The average molecular weight is 234 g/mol. The van der Waals surface area contributed by atoms with E-state index in [2.05, 4.69) is 5.32 Å². The maximum Gasteiger partial charge on any atom is 0.223 e. The van der Waals surface area contributed by atoms with Crippen LogP contribution in [0.1, 0.15) is 33.1 Å². The van der Waals surface area contributed by atoms with Crippen LogP contribution in [0.15, 0.2) is 0 Å². The molecular formula is C11H20ClNO2. The third-order valence-corrected chi connectivity index (χ3v) is 3.68. The molecule has 0 radical (unpaired) electrons. The van der Waals surface area contributed by atoms with Crippen molar-refractivity contribution in [3.63, 3.8) is 0 Å². The van der Waals surface area contributed by atoms with E-state index >= 15 is 0 Å². The second-order valence-electron chi connectivity index (χ2n) is 4.42. The molecule has 15 heavy (non-hydrogen) atoms. The van der Waals surface area contributed by atoms with Crippen molar-refractivity contribution in [1.29, 1.82) is 0 Å². The Labute approximate surface area is 96.5 Å². The Balaban J connectivity index is 2.46. The number of halogens is 1. The van der Waals surface area contributed by atoms with Crippen LogP contribution in [0.25, 0.3) is 0 Å². The maximum absolute atomic E-state index is 11.9. The van der Waals surface area contributed by atoms with Crippen molar-refractivity contribution in [1.82, 2.24) is 5.32 Å². The molecule has 0 spiro atoms. The van der Waals surface area contributed by atoms with Crippen molar-refractivity contribution in [2.24, 2.45) is 5.92 Å². The molecule has 1 heterocycles. The van der Waals surface area contributed by atoms with Gasteiger partial charge >= 0.3 is 0 Å². The largest absolute Gasteiger partial charge is 0.381 e. The smallest absolute Gasteiger partial charge is 0.223 e. The van der Waals surface area contributed by atoms with Crippen LogP contribution in [-0.4, -0.2) is 30.5 Å². The zero-order chi connectivity index (χ0) is 11.3. The SMILES string of the molecule is CCC(C)(CCl)NC(=O)C1CCOCC1. The van der Waals surface area contributed by atoms with Crippen LogP contribution in [0.4, 0.5) is 0 Å². The molecule has 1 rings (SSSR count). The zero-order valence-corrected chi connectivity index (χ0v) is 10.3. The molecule has 1 aliphatic heterocycles. The van der Waals surface area contributed by atoms with Crippen molar-refractivity contribution in [2.75, 3.05) is 19.1 Å². The normalized spacial score (nSPS) is 22.1. The molecule has 1 amide bonds. The van der Waals surface area contributed by atoms with Gasteiger partial charge in [0.1, 0.15) is 0 Å². The number of ether oxygens (including phenoxy) is 1. The van der Waals surface area contributed by atoms with Gasteiger partial charge in [-0.1, -0.05) is 6.92 Å². The summed E-state index contributed by atoms with van der Waals surface area (Å²) in [4.78, 5) is 11.9. The second-order valence-corrected chi connectivity index (χ2v) is 4.69. The number of carbonyl (C=O) groups is 1. The van der Waals surface area contributed by atoms with Gasteiger partial charge in [-0.05, 0) is 26.2 Å². The molecule has 1 unspecified atom stereocenters. The number of alkyl halides is 1. The number of nitrogens with one attached hydrogen (secondary N) is 1. The minimum Gasteiger partial charge on any atom is -0.381 e. The van der Waals surface area contributed by atoms with E-state index in [-0.39, 0.29) is 17.4 Å². The minimum atomic E-state index is -0.267. The van der Waals surface area contributed by atoms with E-state index in [1.54, 1.807) is 0 Å². The molecule has 3 nitrogen and oxygen atoms in total. The summed E-state index contributed by atoms with van der Waals surface area (Å²) < 4.78 is 5.23. The minimum absolute atomic E-state index is 0.104. The summed E-state index contributed by atoms with van der Waals surface area (Å²) >= 11 is 5.85. The quantitative estimate of drug-likeness (QED) is 0.754. The molecule has 0 aliphatic carbocycles. The number of hydrogen-bond donors (Lipinski definition) is 1. The summed E-state index contributed by atoms with van der Waals surface area (Å²) in [6.07, 6.45) is 2.51. The molecule has 88 valence electrons. The van der Waals surface area contributed by atoms with Crippen LogP contribution < -0.4 is 5.32 Å². The van der Waals surface area contributed by atoms with Crippen molar-refractivity contribution in [2.45, 2.75) is 38.6 Å². The highest BCUT2D eigenvalue weighted by molar-refractivity contribution is 6.18. The first kappa shape index (κ1) is 12.8. The molecule has 0 saturated carbocycles. The number of rotatable bonds is 4. The third-order valence-electron chi connectivity index (χ3n) is 3.09. The van der Waals surface area contributed by atoms with Gasteiger partial charge in [-0.15, -0.1) is 11.6 Å². The van der Waals surface area contributed by atoms with E-state index < -0.39 is 0 Å². The summed E-state index contributed by atoms with van der Waals surface area (Å²) in [5.41, 5.74) is -0.267. The van der Waals surface area contributed by atoms with Gasteiger partial charge in [0, 0.05) is 25.0 Å². The van der Waals surface area contributed by atoms with Gasteiger partial charge in [0.05, 0.1) is 5.54 Å². The van der Waals surface area contributed by atoms with Gasteiger partial charge < -0.3 is 10.1 Å². The topological polar surface area (TPSA) is 38.3 Å². The first-order chi connectivity index (χ1) is 7.11. The van der Waals surface area contributed by atoms with Gasteiger partial charge in [-0.2, -0.15) is 0 Å². The lowest BCUT2D eigenvalue weighted by Crippen LogP contribution is -2.50. The fourth-order valence-corrected chi connectivity index (χ4v) is 1.83. The van der Waals surface area contributed by atoms with Crippen LogP contribution in [0.2, 0.25) is 0 Å². The van der Waals surface area contributed by atoms with E-state index in [1.807, 2.05) is 13.8 Å². The molecule has 1 atom stereocenters. The van der Waals surface area contributed by atoms with Gasteiger partial charge in [-0.3, -0.25) is 4.79 Å². The average Bonchev–Trinajstić information content (AvgIpc) is 2.30. The molecule has 0 aromatic carbocycles. The van der Waals surface area contributed by atoms with Gasteiger partial charge in [0.15, 0.2) is 0 Å². The molecule has 0 aromatic rings. The Kier molecular flexibility index (Phi) is 4.87. The number of amides is 1. The zero-order valence-electron chi connectivity index (χ0n) is 9.51. The number of carbonyl (C=O) groups excluding carboxylic acids is 1. The first-order valence-corrected chi connectivity index (χ1v) is 6.10. The summed E-state index contributed by atoms with van der Waals surface area (Å²) in [5, 5.41) is 3.04. The summed E-state index contributed by atoms with van der Waals surface area (Å²) in [6, 6.07) is 0. The maximum atomic E-state index is 11.9. The lowest BCUT2D eigenvalue weighted by atomic mass is 9.95. The van der Waals surface area contributed by atoms with E-state index in [4.69, 9.17) is 16.3 Å². The monoisotopic (exact) mass is 233 g/mol. The van der Waals surface area contributed by atoms with Gasteiger partial charge in [0.25, 0.3) is 0 Å². The van der Waals surface area contributed by atoms with Crippen molar-refractivity contribution in [3.8, 4) is 0 Å². The standard InChI is InChI=1S/C11H20ClNO2/c1-3-11(2,8-12)13-10(14)9-4-6-15-7-5-9/h9H,3-8H2,1-2H3,(H,13,14). The van der Waals surface area contributed by atoms with Crippen LogP contribution in [0, 0.1) is 5.92 Å². The summed E-state index contributed by atoms with van der Waals surface area (Å²) in [6.45, 7) is 5.41. The molecule has 0 bridgehead atoms. The highest BCUT2D eigenvalue weighted by Gasteiger charge is 2.28. The molecule has 1 aliphatic rings. The van der Waals surface area contributed by atoms with Gasteiger partial charge in [0.2, 0.25) is 5.91 Å². The van der Waals surface area contributed by atoms with E-state index in [0.717, 1.165) is 19.3 Å². The van der Waals surface area contributed by atoms with Crippen molar-refractivity contribution >= 4 is 17.5 Å². The summed E-state index contributed by atoms with van der Waals surface area (Å²) in [5.74, 6) is 0.689. The highest BCUT2D eigenvalue weighted by Crippen LogP contribution is 2.18.